The first-order chi connectivity index (χ1) is 32.3. The van der Waals surface area contributed by atoms with Gasteiger partial charge in [0, 0.05) is 40.4 Å². The Morgan fingerprint density at radius 2 is 0.821 bits per heavy atom. The summed E-state index contributed by atoms with van der Waals surface area (Å²) in [5.41, 5.74) is 19.5. The van der Waals surface area contributed by atoms with Gasteiger partial charge in [-0.15, -0.1) is 0 Å². The maximum Gasteiger partial charge on any atom is 0.199 e. The number of rotatable bonds is 11. The number of para-hydroxylation sites is 2. The van der Waals surface area contributed by atoms with E-state index < -0.39 is 0 Å². The lowest BCUT2D eigenvalue weighted by Crippen LogP contribution is -2.34. The second-order valence-corrected chi connectivity index (χ2v) is 20.1. The van der Waals surface area contributed by atoms with Gasteiger partial charge in [-0.2, -0.15) is 0 Å². The molecule has 0 atom stereocenters. The summed E-state index contributed by atoms with van der Waals surface area (Å²) >= 11 is 0. The van der Waals surface area contributed by atoms with Crippen molar-refractivity contribution in [3.63, 3.8) is 0 Å². The number of anilines is 7. The van der Waals surface area contributed by atoms with Crippen LogP contribution in [0.5, 0.6) is 0 Å². The minimum atomic E-state index is -0.139. The molecule has 1 aliphatic carbocycles. The van der Waals surface area contributed by atoms with Crippen LogP contribution >= 0.6 is 0 Å². The van der Waals surface area contributed by atoms with Gasteiger partial charge in [-0.1, -0.05) is 191 Å². The SMILES string of the molecule is CC(C)c1cccc(C(C)C)c1N1[C](c2ccc(N(c3ccc(-c4ccccc4)cc3)c3ccc4c(c3)C(C)(C)c3ccccc3-4)cc2)N(c2c(C(C)C)cccc2C(C)C)c2nccnc21. The molecule has 2 aliphatic rings. The van der Waals surface area contributed by atoms with E-state index in [2.05, 4.69) is 242 Å². The van der Waals surface area contributed by atoms with Crippen LogP contribution in [0.2, 0.25) is 0 Å². The highest BCUT2D eigenvalue weighted by Crippen LogP contribution is 2.57. The summed E-state index contributed by atoms with van der Waals surface area (Å²) in [4.78, 5) is 17.7. The quantitative estimate of drug-likeness (QED) is 0.129. The lowest BCUT2D eigenvalue weighted by molar-refractivity contribution is 0.660. The Morgan fingerprint density at radius 1 is 0.403 bits per heavy atom. The molecule has 5 nitrogen and oxygen atoms in total. The Bertz CT molecular complexity index is 2930. The molecule has 0 bridgehead atoms. The van der Waals surface area contributed by atoms with Crippen molar-refractivity contribution in [1.82, 2.24) is 9.97 Å². The van der Waals surface area contributed by atoms with E-state index in [1.807, 2.05) is 12.4 Å². The molecule has 0 saturated heterocycles. The molecule has 8 aromatic rings. The summed E-state index contributed by atoms with van der Waals surface area (Å²) < 4.78 is 0. The molecule has 1 aliphatic heterocycles. The number of benzene rings is 7. The average Bonchev–Trinajstić information content (AvgIpc) is 3.79. The largest absolute Gasteiger partial charge is 0.310 e. The molecule has 335 valence electrons. The molecule has 5 heteroatoms. The van der Waals surface area contributed by atoms with Crippen LogP contribution < -0.4 is 14.7 Å². The zero-order valence-electron chi connectivity index (χ0n) is 40.7. The molecule has 1 aromatic heterocycles. The van der Waals surface area contributed by atoms with E-state index in [0.717, 1.165) is 40.4 Å². The third-order valence-corrected chi connectivity index (χ3v) is 14.1. The number of nitrogens with zero attached hydrogens (tertiary/aromatic N) is 5. The Kier molecular flexibility index (Phi) is 11.4. The molecular formula is C62H62N5. The van der Waals surface area contributed by atoms with Gasteiger partial charge in [0.1, 0.15) is 0 Å². The van der Waals surface area contributed by atoms with Gasteiger partial charge in [0.15, 0.2) is 17.8 Å². The van der Waals surface area contributed by atoms with Crippen LogP contribution in [0.1, 0.15) is 132 Å². The maximum atomic E-state index is 5.22. The third-order valence-electron chi connectivity index (χ3n) is 14.1. The Morgan fingerprint density at radius 3 is 1.31 bits per heavy atom. The van der Waals surface area contributed by atoms with Crippen molar-refractivity contribution in [1.29, 1.82) is 0 Å². The predicted octanol–water partition coefficient (Wildman–Crippen LogP) is 17.2. The van der Waals surface area contributed by atoms with E-state index in [4.69, 9.17) is 9.97 Å². The Balaban J connectivity index is 1.18. The van der Waals surface area contributed by atoms with Gasteiger partial charge in [0.25, 0.3) is 0 Å². The van der Waals surface area contributed by atoms with E-state index in [1.54, 1.807) is 0 Å². The first-order valence-electron chi connectivity index (χ1n) is 24.2. The highest BCUT2D eigenvalue weighted by Gasteiger charge is 2.46. The van der Waals surface area contributed by atoms with Crippen LogP contribution in [0.15, 0.2) is 170 Å². The smallest absolute Gasteiger partial charge is 0.199 e. The van der Waals surface area contributed by atoms with E-state index in [1.165, 1.54) is 67.0 Å². The summed E-state index contributed by atoms with van der Waals surface area (Å²) in [6.45, 7) is 23.1. The molecule has 1 radical (unpaired) electrons. The third kappa shape index (κ3) is 7.49. The number of hydrogen-bond acceptors (Lipinski definition) is 5. The van der Waals surface area contributed by atoms with Crippen LogP contribution in [-0.2, 0) is 5.41 Å². The summed E-state index contributed by atoms with van der Waals surface area (Å²) in [7, 11) is 0. The fourth-order valence-corrected chi connectivity index (χ4v) is 10.6. The number of hydrogen-bond donors (Lipinski definition) is 0. The lowest BCUT2D eigenvalue weighted by Gasteiger charge is -2.37. The summed E-state index contributed by atoms with van der Waals surface area (Å²) in [5, 5.41) is 0. The summed E-state index contributed by atoms with van der Waals surface area (Å²) in [6.07, 6.45) is 4.73. The summed E-state index contributed by atoms with van der Waals surface area (Å²) in [5.74, 6) is 2.76. The molecule has 67 heavy (non-hydrogen) atoms. The van der Waals surface area contributed by atoms with E-state index in [9.17, 15) is 0 Å². The average molecular weight is 877 g/mol. The van der Waals surface area contributed by atoms with Crippen molar-refractivity contribution in [3.05, 3.63) is 215 Å². The molecule has 0 amide bonds. The van der Waals surface area contributed by atoms with Crippen LogP contribution in [0, 0.1) is 6.17 Å². The molecule has 7 aromatic carbocycles. The minimum Gasteiger partial charge on any atom is -0.310 e. The zero-order chi connectivity index (χ0) is 46.7. The van der Waals surface area contributed by atoms with Crippen molar-refractivity contribution in [2.75, 3.05) is 14.7 Å². The first kappa shape index (κ1) is 43.9. The highest BCUT2D eigenvalue weighted by molar-refractivity contribution is 5.94. The van der Waals surface area contributed by atoms with Crippen LogP contribution in [0.3, 0.4) is 0 Å². The molecule has 0 unspecified atom stereocenters. The van der Waals surface area contributed by atoms with Crippen LogP contribution in [-0.4, -0.2) is 9.97 Å². The van der Waals surface area contributed by atoms with Gasteiger partial charge in [0.2, 0.25) is 0 Å². The van der Waals surface area contributed by atoms with Crippen molar-refractivity contribution < 1.29 is 0 Å². The van der Waals surface area contributed by atoms with Gasteiger partial charge >= 0.3 is 0 Å². The molecule has 10 rings (SSSR count). The van der Waals surface area contributed by atoms with Gasteiger partial charge in [0.05, 0.1) is 11.4 Å². The first-order valence-corrected chi connectivity index (χ1v) is 24.2. The van der Waals surface area contributed by atoms with Crippen molar-refractivity contribution >= 4 is 40.1 Å². The molecule has 0 N–H and O–H groups in total. The van der Waals surface area contributed by atoms with Gasteiger partial charge in [-0.05, 0) is 116 Å². The Labute approximate surface area is 398 Å². The van der Waals surface area contributed by atoms with E-state index in [0.29, 0.717) is 0 Å². The van der Waals surface area contributed by atoms with Crippen molar-refractivity contribution in [3.8, 4) is 22.3 Å². The molecule has 2 heterocycles. The summed E-state index contributed by atoms with van der Waals surface area (Å²) in [6, 6.07) is 58.4. The monoisotopic (exact) mass is 877 g/mol. The second-order valence-electron chi connectivity index (χ2n) is 20.1. The molecule has 0 spiro atoms. The topological polar surface area (TPSA) is 35.5 Å². The van der Waals surface area contributed by atoms with Crippen molar-refractivity contribution in [2.24, 2.45) is 0 Å². The molecule has 0 saturated carbocycles. The molecule has 0 fully saturated rings. The fourth-order valence-electron chi connectivity index (χ4n) is 10.6. The van der Waals surface area contributed by atoms with Gasteiger partial charge in [-0.3, -0.25) is 9.80 Å². The number of aromatic nitrogens is 2. The standard InChI is InChI=1S/C62H62N5/c1-39(2)49-21-16-22-50(40(3)4)57(49)66-59-60(64-37-36-63-59)67(58-51(41(5)6)23-17-24-52(58)42(7)8)61(66)45-28-32-47(33-29-45)65(46-30-26-44(27-31-46)43-18-12-11-13-19-43)48-34-35-54-53-20-14-15-25-55(53)62(9,10)56(54)38-48/h11-42H,1-10H3. The highest BCUT2D eigenvalue weighted by atomic mass is 15.5. The minimum absolute atomic E-state index is 0.139. The van der Waals surface area contributed by atoms with E-state index in [-0.39, 0.29) is 29.1 Å². The van der Waals surface area contributed by atoms with Crippen molar-refractivity contribution in [2.45, 2.75) is 98.3 Å². The normalized spacial score (nSPS) is 14.1. The number of fused-ring (bicyclic) bond motifs is 4. The van der Waals surface area contributed by atoms with Crippen LogP contribution in [0.25, 0.3) is 22.3 Å². The predicted molar refractivity (Wildman–Crippen MR) is 282 cm³/mol. The zero-order valence-corrected chi connectivity index (χ0v) is 40.7. The van der Waals surface area contributed by atoms with Gasteiger partial charge in [-0.25, -0.2) is 9.97 Å². The van der Waals surface area contributed by atoms with E-state index >= 15 is 0 Å². The second kappa shape index (κ2) is 17.3. The maximum absolute atomic E-state index is 5.22. The van der Waals surface area contributed by atoms with Gasteiger partial charge < -0.3 is 4.90 Å². The molecular weight excluding hydrogens is 815 g/mol. The van der Waals surface area contributed by atoms with Crippen LogP contribution in [0.4, 0.5) is 40.1 Å². The Hall–Kier alpha value is -6.98. The lowest BCUT2D eigenvalue weighted by atomic mass is 9.82. The fraction of sp³-hybridized carbons (Fsp3) is 0.242.